The van der Waals surface area contributed by atoms with Gasteiger partial charge in [-0.25, -0.2) is 4.57 Å². The Bertz CT molecular complexity index is 946. The molecule has 0 spiro atoms. The van der Waals surface area contributed by atoms with Gasteiger partial charge in [-0.05, 0) is 51.4 Å². The highest BCUT2D eigenvalue weighted by atomic mass is 31.2. The lowest BCUT2D eigenvalue weighted by Crippen LogP contribution is -2.29. The molecule has 0 aromatic rings. The lowest BCUT2D eigenvalue weighted by atomic mass is 10.0. The lowest BCUT2D eigenvalue weighted by molar-refractivity contribution is -0.161. The van der Waals surface area contributed by atoms with Crippen molar-refractivity contribution >= 4 is 19.8 Å². The minimum Gasteiger partial charge on any atom is -0.462 e. The first-order valence-corrected chi connectivity index (χ1v) is 24.3. The van der Waals surface area contributed by atoms with Gasteiger partial charge >= 0.3 is 19.8 Å². The van der Waals surface area contributed by atoms with Crippen molar-refractivity contribution < 1.29 is 37.6 Å². The Morgan fingerprint density at radius 3 is 1.42 bits per heavy atom. The molecule has 0 rings (SSSR count). The molecule has 0 aliphatic rings. The van der Waals surface area contributed by atoms with Crippen LogP contribution in [0.15, 0.2) is 24.8 Å². The van der Waals surface area contributed by atoms with Crippen LogP contribution in [0, 0.1) is 0 Å². The highest BCUT2D eigenvalue weighted by molar-refractivity contribution is 7.47. The van der Waals surface area contributed by atoms with E-state index in [1.54, 1.807) is 0 Å². The smallest absolute Gasteiger partial charge is 0.462 e. The quantitative estimate of drug-likeness (QED) is 0.0267. The number of rotatable bonds is 44. The zero-order valence-corrected chi connectivity index (χ0v) is 36.4. The summed E-state index contributed by atoms with van der Waals surface area (Å²) in [6.45, 7) is 5.27. The van der Waals surface area contributed by atoms with Crippen LogP contribution in [-0.4, -0.2) is 49.3 Å². The van der Waals surface area contributed by atoms with Gasteiger partial charge in [-0.2, -0.15) is 0 Å². The van der Waals surface area contributed by atoms with Crippen LogP contribution in [0.25, 0.3) is 0 Å². The number of esters is 2. The second-order valence-electron chi connectivity index (χ2n) is 15.4. The molecule has 1 unspecified atom stereocenters. The summed E-state index contributed by atoms with van der Waals surface area (Å²) in [6.07, 6.45) is 43.8. The summed E-state index contributed by atoms with van der Waals surface area (Å²) in [5.74, 6) is -0.826. The van der Waals surface area contributed by atoms with Crippen LogP contribution >= 0.6 is 7.82 Å². The van der Waals surface area contributed by atoms with E-state index in [0.29, 0.717) is 6.42 Å². The van der Waals surface area contributed by atoms with Crippen molar-refractivity contribution in [1.82, 2.24) is 0 Å². The highest BCUT2D eigenvalue weighted by Gasteiger charge is 2.26. The second kappa shape index (κ2) is 42.1. The van der Waals surface area contributed by atoms with Gasteiger partial charge in [0.25, 0.3) is 0 Å². The summed E-state index contributed by atoms with van der Waals surface area (Å²) in [5, 5.41) is 0. The molecule has 324 valence electrons. The standard InChI is InChI=1S/C45H86NO8P/c1-3-5-7-9-11-13-15-17-19-20-21-22-24-26-28-30-32-34-36-38-45(48)54-43(42-53-55(49,50)52-40-39-46)41-51-44(47)37-35-33-31-29-27-25-23-18-16-14-12-10-8-6-4-2/h4,17,19,43H,2-3,5-16,18,20-42,46H2,1H3,(H,49,50)/b19-17+/t43-/m1/s1. The van der Waals surface area contributed by atoms with E-state index in [-0.39, 0.29) is 38.6 Å². The first-order valence-electron chi connectivity index (χ1n) is 22.8. The third-order valence-electron chi connectivity index (χ3n) is 9.96. The zero-order chi connectivity index (χ0) is 40.3. The van der Waals surface area contributed by atoms with Gasteiger partial charge in [0.15, 0.2) is 6.10 Å². The van der Waals surface area contributed by atoms with E-state index in [0.717, 1.165) is 44.9 Å². The summed E-state index contributed by atoms with van der Waals surface area (Å²) in [6, 6.07) is 0. The maximum absolute atomic E-state index is 12.6. The van der Waals surface area contributed by atoms with Crippen molar-refractivity contribution in [2.75, 3.05) is 26.4 Å². The topological polar surface area (TPSA) is 134 Å². The summed E-state index contributed by atoms with van der Waals surface area (Å²) < 4.78 is 32.8. The predicted molar refractivity (Wildman–Crippen MR) is 229 cm³/mol. The number of carbonyl (C=O) groups is 2. The molecule has 3 N–H and O–H groups in total. The van der Waals surface area contributed by atoms with Gasteiger partial charge < -0.3 is 20.1 Å². The van der Waals surface area contributed by atoms with Gasteiger partial charge in [-0.3, -0.25) is 18.6 Å². The number of nitrogens with two attached hydrogens (primary N) is 1. The molecule has 0 fully saturated rings. The Balaban J connectivity index is 4.08. The van der Waals surface area contributed by atoms with E-state index in [2.05, 4.69) is 25.7 Å². The molecular weight excluding hydrogens is 713 g/mol. The molecule has 55 heavy (non-hydrogen) atoms. The van der Waals surface area contributed by atoms with E-state index >= 15 is 0 Å². The molecule has 0 heterocycles. The monoisotopic (exact) mass is 800 g/mol. The first kappa shape index (κ1) is 53.5. The summed E-state index contributed by atoms with van der Waals surface area (Å²) in [4.78, 5) is 34.9. The average molecular weight is 800 g/mol. The highest BCUT2D eigenvalue weighted by Crippen LogP contribution is 2.43. The minimum absolute atomic E-state index is 0.0539. The number of hydrogen-bond donors (Lipinski definition) is 2. The molecule has 0 amide bonds. The number of carbonyl (C=O) groups excluding carboxylic acids is 2. The Hall–Kier alpha value is -1.51. The van der Waals surface area contributed by atoms with Crippen LogP contribution < -0.4 is 5.73 Å². The van der Waals surface area contributed by atoms with E-state index in [9.17, 15) is 19.0 Å². The second-order valence-corrected chi connectivity index (χ2v) is 16.8. The van der Waals surface area contributed by atoms with Crippen molar-refractivity contribution in [2.45, 2.75) is 225 Å². The zero-order valence-electron chi connectivity index (χ0n) is 35.5. The van der Waals surface area contributed by atoms with Gasteiger partial charge in [0.05, 0.1) is 13.2 Å². The summed E-state index contributed by atoms with van der Waals surface area (Å²) in [7, 11) is -4.38. The number of hydrogen-bond acceptors (Lipinski definition) is 8. The van der Waals surface area contributed by atoms with E-state index < -0.39 is 26.5 Å². The van der Waals surface area contributed by atoms with Crippen molar-refractivity contribution in [1.29, 1.82) is 0 Å². The van der Waals surface area contributed by atoms with Crippen molar-refractivity contribution in [2.24, 2.45) is 5.73 Å². The van der Waals surface area contributed by atoms with Gasteiger partial charge in [-0.1, -0.05) is 173 Å². The molecule has 10 heteroatoms. The number of phosphoric acid groups is 1. The lowest BCUT2D eigenvalue weighted by Gasteiger charge is -2.19. The van der Waals surface area contributed by atoms with Crippen LogP contribution in [0.5, 0.6) is 0 Å². The summed E-state index contributed by atoms with van der Waals surface area (Å²) in [5.41, 5.74) is 5.35. The Morgan fingerprint density at radius 1 is 0.582 bits per heavy atom. The molecule has 0 aromatic heterocycles. The van der Waals surface area contributed by atoms with E-state index in [1.807, 2.05) is 6.08 Å². The molecule has 0 aliphatic heterocycles. The van der Waals surface area contributed by atoms with Crippen molar-refractivity contribution in [3.63, 3.8) is 0 Å². The van der Waals surface area contributed by atoms with Crippen LogP contribution in [0.4, 0.5) is 0 Å². The third kappa shape index (κ3) is 41.9. The molecule has 2 atom stereocenters. The molecule has 0 aliphatic carbocycles. The maximum Gasteiger partial charge on any atom is 0.472 e. The van der Waals surface area contributed by atoms with E-state index in [4.69, 9.17) is 24.3 Å². The fourth-order valence-corrected chi connectivity index (χ4v) is 7.32. The average Bonchev–Trinajstić information content (AvgIpc) is 3.17. The molecule has 9 nitrogen and oxygen atoms in total. The Kier molecular flexibility index (Phi) is 40.9. The van der Waals surface area contributed by atoms with Crippen LogP contribution in [0.3, 0.4) is 0 Å². The number of phosphoric ester groups is 1. The van der Waals surface area contributed by atoms with Crippen LogP contribution in [0.1, 0.15) is 219 Å². The van der Waals surface area contributed by atoms with Gasteiger partial charge in [0.2, 0.25) is 0 Å². The molecule has 0 saturated heterocycles. The maximum atomic E-state index is 12.6. The van der Waals surface area contributed by atoms with Gasteiger partial charge in [0, 0.05) is 19.4 Å². The molecule has 0 aromatic carbocycles. The fraction of sp³-hybridized carbons (Fsp3) is 0.867. The summed E-state index contributed by atoms with van der Waals surface area (Å²) >= 11 is 0. The number of allylic oxidation sites excluding steroid dienone is 3. The fourth-order valence-electron chi connectivity index (χ4n) is 6.55. The van der Waals surface area contributed by atoms with E-state index in [1.165, 1.54) is 148 Å². The largest absolute Gasteiger partial charge is 0.472 e. The SMILES string of the molecule is C=CCCCCCCCCCCCCCCCC(=O)OC[C@H](COP(=O)(O)OCCN)OC(=O)CCCCCCCCCCC/C=C/CCCCCCCC. The molecular formula is C45H86NO8P. The number of unbranched alkanes of at least 4 members (excludes halogenated alkanes) is 28. The molecule has 0 bridgehead atoms. The van der Waals surface area contributed by atoms with Crippen LogP contribution in [-0.2, 0) is 32.7 Å². The minimum atomic E-state index is -4.38. The number of ether oxygens (including phenoxy) is 2. The Morgan fingerprint density at radius 2 is 0.982 bits per heavy atom. The van der Waals surface area contributed by atoms with Crippen molar-refractivity contribution in [3.8, 4) is 0 Å². The molecule has 0 radical (unpaired) electrons. The van der Waals surface area contributed by atoms with Crippen LogP contribution in [0.2, 0.25) is 0 Å². The first-order chi connectivity index (χ1) is 26.8. The Labute approximate surface area is 338 Å². The van der Waals surface area contributed by atoms with Crippen molar-refractivity contribution in [3.05, 3.63) is 24.8 Å². The normalized spacial score (nSPS) is 13.2. The molecule has 0 saturated carbocycles. The van der Waals surface area contributed by atoms with Gasteiger partial charge in [0.1, 0.15) is 6.61 Å². The third-order valence-corrected chi connectivity index (χ3v) is 10.9. The van der Waals surface area contributed by atoms with Gasteiger partial charge in [-0.15, -0.1) is 6.58 Å². The predicted octanol–water partition coefficient (Wildman–Crippen LogP) is 13.2.